The lowest BCUT2D eigenvalue weighted by Crippen LogP contribution is -2.02. The van der Waals surface area contributed by atoms with E-state index in [1.54, 1.807) is 13.0 Å². The first kappa shape index (κ1) is 11.1. The van der Waals surface area contributed by atoms with Crippen LogP contribution >= 0.6 is 0 Å². The summed E-state index contributed by atoms with van der Waals surface area (Å²) in [6, 6.07) is 3.06. The van der Waals surface area contributed by atoms with Crippen molar-refractivity contribution in [3.05, 3.63) is 29.8 Å². The highest BCUT2D eigenvalue weighted by molar-refractivity contribution is 6.16. The van der Waals surface area contributed by atoms with Gasteiger partial charge in [0.05, 0.1) is 12.7 Å². The summed E-state index contributed by atoms with van der Waals surface area (Å²) in [6.45, 7) is 5.17. The lowest BCUT2D eigenvalue weighted by molar-refractivity contribution is -0.130. The highest BCUT2D eigenvalue weighted by atomic mass is 16.5. The summed E-state index contributed by atoms with van der Waals surface area (Å²) in [5.74, 6) is -1.09. The quantitative estimate of drug-likeness (QED) is 0.743. The van der Waals surface area contributed by atoms with Crippen molar-refractivity contribution in [1.82, 2.24) is 0 Å². The summed E-state index contributed by atoms with van der Waals surface area (Å²) in [4.78, 5) is 10.8. The van der Waals surface area contributed by atoms with E-state index in [4.69, 9.17) is 9.84 Å². The SMILES string of the molecule is C=C(C(=O)O)c1c(C)ccc(O)c1OC. The molecule has 0 saturated carbocycles. The molecule has 4 nitrogen and oxygen atoms in total. The summed E-state index contributed by atoms with van der Waals surface area (Å²) < 4.78 is 4.95. The zero-order valence-electron chi connectivity index (χ0n) is 8.57. The molecule has 0 amide bonds. The van der Waals surface area contributed by atoms with Crippen LogP contribution in [0, 0.1) is 6.92 Å². The number of hydrogen-bond donors (Lipinski definition) is 2. The minimum atomic E-state index is -1.14. The van der Waals surface area contributed by atoms with Gasteiger partial charge in [-0.2, -0.15) is 0 Å². The van der Waals surface area contributed by atoms with Crippen molar-refractivity contribution in [3.8, 4) is 11.5 Å². The van der Waals surface area contributed by atoms with E-state index in [0.717, 1.165) is 0 Å². The molecule has 2 N–H and O–H groups in total. The predicted octanol–water partition coefficient (Wildman–Crippen LogP) is 1.81. The van der Waals surface area contributed by atoms with E-state index in [0.29, 0.717) is 11.1 Å². The van der Waals surface area contributed by atoms with Crippen molar-refractivity contribution in [1.29, 1.82) is 0 Å². The maximum atomic E-state index is 10.8. The predicted molar refractivity (Wildman–Crippen MR) is 56.1 cm³/mol. The molecule has 1 rings (SSSR count). The molecule has 15 heavy (non-hydrogen) atoms. The van der Waals surface area contributed by atoms with Gasteiger partial charge in [-0.3, -0.25) is 0 Å². The first-order valence-electron chi connectivity index (χ1n) is 4.28. The molecular weight excluding hydrogens is 196 g/mol. The van der Waals surface area contributed by atoms with Gasteiger partial charge >= 0.3 is 5.97 Å². The fraction of sp³-hybridized carbons (Fsp3) is 0.182. The molecule has 1 aromatic rings. The van der Waals surface area contributed by atoms with Gasteiger partial charge in [0.1, 0.15) is 0 Å². The highest BCUT2D eigenvalue weighted by Gasteiger charge is 2.18. The third-order valence-electron chi connectivity index (χ3n) is 2.11. The Morgan fingerprint density at radius 3 is 2.53 bits per heavy atom. The third kappa shape index (κ3) is 1.93. The van der Waals surface area contributed by atoms with E-state index in [1.807, 2.05) is 0 Å². The Morgan fingerprint density at radius 1 is 1.47 bits per heavy atom. The molecule has 1 aromatic carbocycles. The minimum absolute atomic E-state index is 0.0968. The van der Waals surface area contributed by atoms with Crippen LogP contribution in [0.3, 0.4) is 0 Å². The number of benzene rings is 1. The second-order valence-electron chi connectivity index (χ2n) is 3.09. The van der Waals surface area contributed by atoms with Gasteiger partial charge in [-0.15, -0.1) is 0 Å². The van der Waals surface area contributed by atoms with Crippen LogP contribution < -0.4 is 4.74 Å². The number of methoxy groups -OCH3 is 1. The van der Waals surface area contributed by atoms with Gasteiger partial charge < -0.3 is 14.9 Å². The van der Waals surface area contributed by atoms with Crippen molar-refractivity contribution >= 4 is 11.5 Å². The monoisotopic (exact) mass is 208 g/mol. The van der Waals surface area contributed by atoms with Crippen molar-refractivity contribution < 1.29 is 19.7 Å². The minimum Gasteiger partial charge on any atom is -0.504 e. The lowest BCUT2D eigenvalue weighted by Gasteiger charge is -2.12. The van der Waals surface area contributed by atoms with Crippen LogP contribution in [0.15, 0.2) is 18.7 Å². The fourth-order valence-electron chi connectivity index (χ4n) is 1.36. The third-order valence-corrected chi connectivity index (χ3v) is 2.11. The van der Waals surface area contributed by atoms with Gasteiger partial charge in [0.25, 0.3) is 0 Å². The average molecular weight is 208 g/mol. The topological polar surface area (TPSA) is 66.8 Å². The zero-order chi connectivity index (χ0) is 11.6. The molecule has 0 unspecified atom stereocenters. The molecule has 0 spiro atoms. The van der Waals surface area contributed by atoms with Gasteiger partial charge in [0.2, 0.25) is 0 Å². The maximum absolute atomic E-state index is 10.8. The Balaban J connectivity index is 3.44. The number of rotatable bonds is 3. The molecular formula is C11H12O4. The van der Waals surface area contributed by atoms with Crippen LogP contribution in [0.1, 0.15) is 11.1 Å². The second-order valence-corrected chi connectivity index (χ2v) is 3.09. The highest BCUT2D eigenvalue weighted by Crippen LogP contribution is 2.36. The molecule has 0 aromatic heterocycles. The smallest absolute Gasteiger partial charge is 0.335 e. The molecule has 0 aliphatic rings. The molecule has 80 valence electrons. The number of phenols is 1. The lowest BCUT2D eigenvalue weighted by atomic mass is 10.00. The number of ether oxygens (including phenoxy) is 1. The average Bonchev–Trinajstić information content (AvgIpc) is 2.19. The van der Waals surface area contributed by atoms with Gasteiger partial charge in [-0.05, 0) is 18.6 Å². The number of aliphatic carboxylic acids is 1. The summed E-state index contributed by atoms with van der Waals surface area (Å²) in [6.07, 6.45) is 0. The standard InChI is InChI=1S/C11H12O4/c1-6-4-5-8(12)10(15-3)9(6)7(2)11(13)14/h4-5,12H,2H2,1,3H3,(H,13,14). The van der Waals surface area contributed by atoms with Gasteiger partial charge in [-0.25, -0.2) is 4.79 Å². The number of carboxylic acid groups (broad SMARTS) is 1. The van der Waals surface area contributed by atoms with Crippen LogP contribution in [0.4, 0.5) is 0 Å². The van der Waals surface area contributed by atoms with Gasteiger partial charge in [-0.1, -0.05) is 12.6 Å². The first-order chi connectivity index (χ1) is 6.99. The Labute approximate surface area is 87.4 Å². The van der Waals surface area contributed by atoms with Crippen molar-refractivity contribution in [2.24, 2.45) is 0 Å². The number of phenolic OH excluding ortho intramolecular Hbond substituents is 1. The molecule has 0 fully saturated rings. The summed E-state index contributed by atoms with van der Waals surface area (Å²) in [5.41, 5.74) is 0.919. The first-order valence-corrected chi connectivity index (χ1v) is 4.28. The normalized spacial score (nSPS) is 9.73. The molecule has 0 heterocycles. The van der Waals surface area contributed by atoms with Gasteiger partial charge in [0.15, 0.2) is 11.5 Å². The van der Waals surface area contributed by atoms with Crippen molar-refractivity contribution in [2.45, 2.75) is 6.92 Å². The molecule has 0 bridgehead atoms. The Morgan fingerprint density at radius 2 is 2.07 bits per heavy atom. The maximum Gasteiger partial charge on any atom is 0.335 e. The molecule has 0 aliphatic carbocycles. The van der Waals surface area contributed by atoms with E-state index in [9.17, 15) is 9.90 Å². The Kier molecular flexibility index (Phi) is 2.99. The van der Waals surface area contributed by atoms with Crippen LogP contribution in [0.25, 0.3) is 5.57 Å². The molecule has 4 heteroatoms. The van der Waals surface area contributed by atoms with E-state index >= 15 is 0 Å². The molecule has 0 atom stereocenters. The summed E-state index contributed by atoms with van der Waals surface area (Å²) >= 11 is 0. The van der Waals surface area contributed by atoms with E-state index in [1.165, 1.54) is 13.2 Å². The van der Waals surface area contributed by atoms with Crippen LogP contribution in [0.5, 0.6) is 11.5 Å². The largest absolute Gasteiger partial charge is 0.504 e. The number of aromatic hydroxyl groups is 1. The molecule has 0 aliphatic heterocycles. The van der Waals surface area contributed by atoms with E-state index in [2.05, 4.69) is 6.58 Å². The zero-order valence-corrected chi connectivity index (χ0v) is 8.57. The summed E-state index contributed by atoms with van der Waals surface area (Å²) in [7, 11) is 1.37. The number of hydrogen-bond acceptors (Lipinski definition) is 3. The van der Waals surface area contributed by atoms with E-state index in [-0.39, 0.29) is 17.1 Å². The van der Waals surface area contributed by atoms with E-state index < -0.39 is 5.97 Å². The second kappa shape index (κ2) is 4.04. The van der Waals surface area contributed by atoms with Crippen molar-refractivity contribution in [3.63, 3.8) is 0 Å². The van der Waals surface area contributed by atoms with Crippen molar-refractivity contribution in [2.75, 3.05) is 7.11 Å². The Hall–Kier alpha value is -1.97. The van der Waals surface area contributed by atoms with Crippen LogP contribution in [0.2, 0.25) is 0 Å². The molecule has 0 saturated heterocycles. The molecule has 0 radical (unpaired) electrons. The fourth-order valence-corrected chi connectivity index (χ4v) is 1.36. The Bertz CT molecular complexity index is 421. The number of carboxylic acids is 1. The number of carbonyl (C=O) groups is 1. The van der Waals surface area contributed by atoms with Crippen LogP contribution in [-0.4, -0.2) is 23.3 Å². The van der Waals surface area contributed by atoms with Gasteiger partial charge in [0, 0.05) is 5.56 Å². The van der Waals surface area contributed by atoms with Crippen LogP contribution in [-0.2, 0) is 4.79 Å². The number of aryl methyl sites for hydroxylation is 1. The summed E-state index contributed by atoms with van der Waals surface area (Å²) in [5, 5.41) is 18.3.